The van der Waals surface area contributed by atoms with Gasteiger partial charge in [-0.1, -0.05) is 19.3 Å². The maximum Gasteiger partial charge on any atom is 0.264 e. The van der Waals surface area contributed by atoms with Crippen LogP contribution in [0.15, 0.2) is 17.6 Å². The molecule has 1 aliphatic carbocycles. The average molecular weight is 369 g/mol. The lowest BCUT2D eigenvalue weighted by molar-refractivity contribution is -0.126. The highest BCUT2D eigenvalue weighted by molar-refractivity contribution is 7.12. The van der Waals surface area contributed by atoms with Crippen molar-refractivity contribution in [1.82, 2.24) is 14.9 Å². The Morgan fingerprint density at radius 1 is 1.31 bits per heavy atom. The molecule has 1 saturated carbocycles. The zero-order chi connectivity index (χ0) is 17.7. The Bertz CT molecular complexity index is 850. The minimum atomic E-state index is -0.388. The molecule has 5 nitrogen and oxygen atoms in total. The third-order valence-electron chi connectivity index (χ3n) is 6.07. The lowest BCUT2D eigenvalue weighted by Gasteiger charge is -2.47. The Kier molecular flexibility index (Phi) is 3.87. The normalized spacial score (nSPS) is 21.7. The lowest BCUT2D eigenvalue weighted by Crippen LogP contribution is -2.61. The molecule has 0 radical (unpaired) electrons. The van der Waals surface area contributed by atoms with Crippen molar-refractivity contribution in [3.05, 3.63) is 45.2 Å². The van der Waals surface area contributed by atoms with E-state index in [0.717, 1.165) is 27.5 Å². The predicted molar refractivity (Wildman–Crippen MR) is 99.3 cm³/mol. The van der Waals surface area contributed by atoms with Gasteiger partial charge < -0.3 is 9.64 Å². The number of amides is 1. The number of thiophene rings is 1. The summed E-state index contributed by atoms with van der Waals surface area (Å²) >= 11 is 1.51. The minimum Gasteiger partial charge on any atom is -0.360 e. The molecule has 2 aliphatic heterocycles. The predicted octanol–water partition coefficient (Wildman–Crippen LogP) is 3.78. The van der Waals surface area contributed by atoms with E-state index in [-0.39, 0.29) is 11.5 Å². The number of aromatic nitrogens is 2. The third-order valence-corrected chi connectivity index (χ3v) is 7.07. The van der Waals surface area contributed by atoms with E-state index in [9.17, 15) is 4.79 Å². The third kappa shape index (κ3) is 2.50. The van der Waals surface area contributed by atoms with Gasteiger partial charge in [-0.25, -0.2) is 9.97 Å². The van der Waals surface area contributed by atoms with Crippen LogP contribution in [0.25, 0.3) is 0 Å². The van der Waals surface area contributed by atoms with Crippen molar-refractivity contribution >= 4 is 17.2 Å². The first-order valence-electron chi connectivity index (χ1n) is 9.50. The van der Waals surface area contributed by atoms with Gasteiger partial charge in [-0.05, 0) is 36.8 Å². The first-order valence-corrected chi connectivity index (χ1v) is 10.4. The van der Waals surface area contributed by atoms with Crippen LogP contribution in [-0.2, 0) is 16.9 Å². The molecule has 0 atom stereocenters. The van der Waals surface area contributed by atoms with Gasteiger partial charge in [0.15, 0.2) is 0 Å². The van der Waals surface area contributed by atoms with E-state index in [4.69, 9.17) is 14.7 Å². The van der Waals surface area contributed by atoms with Gasteiger partial charge in [0.2, 0.25) is 0 Å². The van der Waals surface area contributed by atoms with E-state index >= 15 is 0 Å². The summed E-state index contributed by atoms with van der Waals surface area (Å²) in [4.78, 5) is 24.9. The monoisotopic (exact) mass is 369 g/mol. The van der Waals surface area contributed by atoms with E-state index in [0.29, 0.717) is 25.6 Å². The summed E-state index contributed by atoms with van der Waals surface area (Å²) < 4.78 is 6.12. The Morgan fingerprint density at radius 3 is 2.85 bits per heavy atom. The van der Waals surface area contributed by atoms with Crippen molar-refractivity contribution in [2.24, 2.45) is 0 Å². The number of hydrogen-bond donors (Lipinski definition) is 0. The molecule has 1 amide bonds. The largest absolute Gasteiger partial charge is 0.360 e. The fourth-order valence-corrected chi connectivity index (χ4v) is 5.37. The summed E-state index contributed by atoms with van der Waals surface area (Å²) in [6, 6.07) is 2.00. The van der Waals surface area contributed by atoms with E-state index in [1.165, 1.54) is 43.4 Å². The van der Waals surface area contributed by atoms with Gasteiger partial charge in [0.25, 0.3) is 5.91 Å². The van der Waals surface area contributed by atoms with E-state index < -0.39 is 0 Å². The summed E-state index contributed by atoms with van der Waals surface area (Å²) in [6.45, 7) is 3.73. The van der Waals surface area contributed by atoms with Crippen LogP contribution in [0.1, 0.15) is 70.3 Å². The van der Waals surface area contributed by atoms with Crippen molar-refractivity contribution in [3.8, 4) is 0 Å². The second kappa shape index (κ2) is 6.13. The van der Waals surface area contributed by atoms with E-state index in [1.807, 2.05) is 29.5 Å². The van der Waals surface area contributed by atoms with Crippen LogP contribution in [0.2, 0.25) is 0 Å². The molecule has 2 aromatic rings. The number of likely N-dealkylation sites (tertiary alicyclic amines) is 1. The maximum atomic E-state index is 12.7. The fourth-order valence-electron chi connectivity index (χ4n) is 4.48. The molecular weight excluding hydrogens is 346 g/mol. The molecule has 26 heavy (non-hydrogen) atoms. The van der Waals surface area contributed by atoms with Crippen LogP contribution in [0.5, 0.6) is 0 Å². The molecular formula is C20H23N3O2S. The zero-order valence-electron chi connectivity index (χ0n) is 15.0. The van der Waals surface area contributed by atoms with Crippen LogP contribution < -0.4 is 0 Å². The van der Waals surface area contributed by atoms with Crippen LogP contribution in [-0.4, -0.2) is 33.9 Å². The highest BCUT2D eigenvalue weighted by Crippen LogP contribution is 2.44. The molecule has 0 aromatic carbocycles. The minimum absolute atomic E-state index is 0.111. The summed E-state index contributed by atoms with van der Waals surface area (Å²) in [5.74, 6) is 1.61. The van der Waals surface area contributed by atoms with Crippen LogP contribution in [0.3, 0.4) is 0 Å². The number of fused-ring (bicyclic) bond motifs is 2. The number of carbonyl (C=O) groups is 1. The van der Waals surface area contributed by atoms with Crippen molar-refractivity contribution in [3.63, 3.8) is 0 Å². The van der Waals surface area contributed by atoms with Gasteiger partial charge in [-0.3, -0.25) is 4.79 Å². The quantitative estimate of drug-likeness (QED) is 0.808. The maximum absolute atomic E-state index is 12.7. The molecule has 2 fully saturated rings. The Balaban J connectivity index is 1.33. The topological polar surface area (TPSA) is 55.3 Å². The Hall–Kier alpha value is -1.79. The van der Waals surface area contributed by atoms with Crippen molar-refractivity contribution in [2.45, 2.75) is 57.2 Å². The van der Waals surface area contributed by atoms with Gasteiger partial charge >= 0.3 is 0 Å². The second-order valence-corrected chi connectivity index (χ2v) is 8.72. The molecule has 4 heterocycles. The Labute approximate surface area is 157 Å². The molecule has 0 unspecified atom stereocenters. The highest BCUT2D eigenvalue weighted by atomic mass is 32.1. The molecule has 0 bridgehead atoms. The summed E-state index contributed by atoms with van der Waals surface area (Å²) in [7, 11) is 0. The molecule has 0 N–H and O–H groups in total. The summed E-state index contributed by atoms with van der Waals surface area (Å²) in [6.07, 6.45) is 8.27. The standard InChI is InChI=1S/C20H23N3O2S/c1-13-7-8-26-17(13)19(24)23-11-20(12-23)15-9-21-18(22-16(15)10-25-20)14-5-3-2-4-6-14/h7-9,14H,2-6,10-12H2,1H3. The number of hydrogen-bond acceptors (Lipinski definition) is 5. The smallest absolute Gasteiger partial charge is 0.264 e. The first kappa shape index (κ1) is 16.4. The molecule has 5 rings (SSSR count). The molecule has 6 heteroatoms. The van der Waals surface area contributed by atoms with E-state index in [1.54, 1.807) is 0 Å². The van der Waals surface area contributed by atoms with E-state index in [2.05, 4.69) is 0 Å². The average Bonchev–Trinajstić information content (AvgIpc) is 3.24. The number of nitrogens with zero attached hydrogens (tertiary/aromatic N) is 3. The van der Waals surface area contributed by atoms with Crippen LogP contribution >= 0.6 is 11.3 Å². The SMILES string of the molecule is Cc1ccsc1C(=O)N1CC2(C1)OCc1nc(C3CCCCC3)ncc12. The first-order chi connectivity index (χ1) is 12.7. The lowest BCUT2D eigenvalue weighted by atomic mass is 9.86. The summed E-state index contributed by atoms with van der Waals surface area (Å²) in [5.41, 5.74) is 2.78. The van der Waals surface area contributed by atoms with Crippen LogP contribution in [0, 0.1) is 6.92 Å². The molecule has 1 spiro atoms. The number of ether oxygens (including phenoxy) is 1. The van der Waals surface area contributed by atoms with Gasteiger partial charge in [-0.2, -0.15) is 0 Å². The van der Waals surface area contributed by atoms with Crippen LogP contribution in [0.4, 0.5) is 0 Å². The Morgan fingerprint density at radius 2 is 2.12 bits per heavy atom. The molecule has 136 valence electrons. The van der Waals surface area contributed by atoms with Crippen molar-refractivity contribution in [1.29, 1.82) is 0 Å². The number of rotatable bonds is 2. The number of aryl methyl sites for hydroxylation is 1. The fraction of sp³-hybridized carbons (Fsp3) is 0.550. The zero-order valence-corrected chi connectivity index (χ0v) is 15.8. The van der Waals surface area contributed by atoms with Crippen molar-refractivity contribution < 1.29 is 9.53 Å². The highest BCUT2D eigenvalue weighted by Gasteiger charge is 2.53. The van der Waals surface area contributed by atoms with Gasteiger partial charge in [0.1, 0.15) is 11.4 Å². The molecule has 3 aliphatic rings. The van der Waals surface area contributed by atoms with Gasteiger partial charge in [-0.15, -0.1) is 11.3 Å². The summed E-state index contributed by atoms with van der Waals surface area (Å²) in [5, 5.41) is 1.97. The van der Waals surface area contributed by atoms with Crippen molar-refractivity contribution in [2.75, 3.05) is 13.1 Å². The molecule has 2 aromatic heterocycles. The number of carbonyl (C=O) groups excluding carboxylic acids is 1. The molecule has 1 saturated heterocycles. The van der Waals surface area contributed by atoms with Gasteiger partial charge in [0, 0.05) is 17.7 Å². The van der Waals surface area contributed by atoms with Gasteiger partial charge in [0.05, 0.1) is 30.3 Å². The second-order valence-electron chi connectivity index (χ2n) is 7.80.